The second-order valence-corrected chi connectivity index (χ2v) is 5.35. The summed E-state index contributed by atoms with van der Waals surface area (Å²) in [6.07, 6.45) is 0. The number of nitrogens with one attached hydrogen (secondary N) is 1. The summed E-state index contributed by atoms with van der Waals surface area (Å²) in [6, 6.07) is 10.6. The number of carbonyl (C=O) groups is 1. The number of aromatic nitrogens is 1. The minimum Gasteiger partial charge on any atom is -0.497 e. The highest BCUT2D eigenvalue weighted by Gasteiger charge is 2.21. The van der Waals surface area contributed by atoms with Crippen LogP contribution in [0.5, 0.6) is 5.75 Å². The molecule has 6 heteroatoms. The van der Waals surface area contributed by atoms with Gasteiger partial charge in [0.05, 0.1) is 30.3 Å². The van der Waals surface area contributed by atoms with Crippen LogP contribution >= 0.6 is 0 Å². The molecule has 0 unspecified atom stereocenters. The SMILES string of the molecule is CCOC(=O)c1c(-c2cccc(F)c2)[nH]c2ccc(OC)cc2c1=O. The fourth-order valence-electron chi connectivity index (χ4n) is 2.65. The molecule has 0 saturated heterocycles. The average molecular weight is 341 g/mol. The van der Waals surface area contributed by atoms with Crippen molar-refractivity contribution in [3.63, 3.8) is 0 Å². The number of fused-ring (bicyclic) bond motifs is 1. The van der Waals surface area contributed by atoms with Crippen LogP contribution in [0.15, 0.2) is 47.3 Å². The van der Waals surface area contributed by atoms with Gasteiger partial charge in [-0.1, -0.05) is 12.1 Å². The Labute approximate surface area is 143 Å². The van der Waals surface area contributed by atoms with E-state index < -0.39 is 17.2 Å². The van der Waals surface area contributed by atoms with Gasteiger partial charge in [-0.3, -0.25) is 4.79 Å². The first-order valence-corrected chi connectivity index (χ1v) is 7.72. The lowest BCUT2D eigenvalue weighted by Crippen LogP contribution is -2.20. The number of aromatic amines is 1. The highest BCUT2D eigenvalue weighted by molar-refractivity contribution is 6.00. The van der Waals surface area contributed by atoms with E-state index in [4.69, 9.17) is 9.47 Å². The third-order valence-electron chi connectivity index (χ3n) is 3.80. The van der Waals surface area contributed by atoms with Crippen molar-refractivity contribution in [2.24, 2.45) is 0 Å². The van der Waals surface area contributed by atoms with Gasteiger partial charge in [0.1, 0.15) is 17.1 Å². The number of carbonyl (C=O) groups excluding carboxylic acids is 1. The minimum absolute atomic E-state index is 0.122. The van der Waals surface area contributed by atoms with Crippen molar-refractivity contribution in [2.75, 3.05) is 13.7 Å². The van der Waals surface area contributed by atoms with E-state index in [0.29, 0.717) is 22.2 Å². The van der Waals surface area contributed by atoms with Crippen LogP contribution in [-0.4, -0.2) is 24.7 Å². The highest BCUT2D eigenvalue weighted by Crippen LogP contribution is 2.25. The second-order valence-electron chi connectivity index (χ2n) is 5.35. The molecule has 0 fully saturated rings. The Morgan fingerprint density at radius 3 is 2.68 bits per heavy atom. The second kappa shape index (κ2) is 6.76. The molecule has 0 spiro atoms. The largest absolute Gasteiger partial charge is 0.497 e. The van der Waals surface area contributed by atoms with Crippen LogP contribution in [0, 0.1) is 5.82 Å². The molecule has 1 aromatic heterocycles. The van der Waals surface area contributed by atoms with Crippen LogP contribution in [0.1, 0.15) is 17.3 Å². The molecule has 0 bridgehead atoms. The van der Waals surface area contributed by atoms with Gasteiger partial charge in [-0.15, -0.1) is 0 Å². The molecule has 3 aromatic rings. The molecule has 0 atom stereocenters. The molecule has 1 heterocycles. The fraction of sp³-hybridized carbons (Fsp3) is 0.158. The summed E-state index contributed by atoms with van der Waals surface area (Å²) < 4.78 is 23.8. The number of ether oxygens (including phenoxy) is 2. The summed E-state index contributed by atoms with van der Waals surface area (Å²) in [5, 5.41) is 0.294. The zero-order chi connectivity index (χ0) is 18.0. The molecular formula is C19H16FNO4. The number of benzene rings is 2. The average Bonchev–Trinajstić information content (AvgIpc) is 2.61. The van der Waals surface area contributed by atoms with Crippen molar-refractivity contribution in [3.8, 4) is 17.0 Å². The number of H-pyrrole nitrogens is 1. The van der Waals surface area contributed by atoms with E-state index in [1.807, 2.05) is 0 Å². The van der Waals surface area contributed by atoms with E-state index in [2.05, 4.69) is 4.98 Å². The predicted molar refractivity (Wildman–Crippen MR) is 92.5 cm³/mol. The van der Waals surface area contributed by atoms with E-state index in [1.54, 1.807) is 31.2 Å². The Morgan fingerprint density at radius 2 is 2.00 bits per heavy atom. The number of halogens is 1. The van der Waals surface area contributed by atoms with Crippen molar-refractivity contribution >= 4 is 16.9 Å². The topological polar surface area (TPSA) is 68.4 Å². The molecule has 0 aliphatic carbocycles. The third kappa shape index (κ3) is 3.10. The van der Waals surface area contributed by atoms with Crippen LogP contribution in [0.3, 0.4) is 0 Å². The summed E-state index contributed by atoms with van der Waals surface area (Å²) in [7, 11) is 1.49. The molecular weight excluding hydrogens is 325 g/mol. The zero-order valence-electron chi connectivity index (χ0n) is 13.8. The number of hydrogen-bond acceptors (Lipinski definition) is 4. The van der Waals surface area contributed by atoms with Crippen molar-refractivity contribution in [1.82, 2.24) is 4.98 Å². The molecule has 2 aromatic carbocycles. The van der Waals surface area contributed by atoms with Crippen molar-refractivity contribution in [2.45, 2.75) is 6.92 Å². The zero-order valence-corrected chi connectivity index (χ0v) is 13.8. The summed E-state index contributed by atoms with van der Waals surface area (Å²) in [6.45, 7) is 1.77. The Kier molecular flexibility index (Phi) is 4.52. The predicted octanol–water partition coefficient (Wildman–Crippen LogP) is 3.52. The minimum atomic E-state index is -0.757. The van der Waals surface area contributed by atoms with Crippen LogP contribution in [0.2, 0.25) is 0 Å². The van der Waals surface area contributed by atoms with Gasteiger partial charge in [-0.05, 0) is 37.3 Å². The van der Waals surface area contributed by atoms with Crippen LogP contribution in [0.25, 0.3) is 22.2 Å². The maximum absolute atomic E-state index is 13.6. The number of rotatable bonds is 4. The Bertz CT molecular complexity index is 1010. The first-order valence-electron chi connectivity index (χ1n) is 7.72. The van der Waals surface area contributed by atoms with E-state index in [0.717, 1.165) is 0 Å². The van der Waals surface area contributed by atoms with Gasteiger partial charge < -0.3 is 14.5 Å². The maximum atomic E-state index is 13.6. The Morgan fingerprint density at radius 1 is 1.20 bits per heavy atom. The molecule has 5 nitrogen and oxygen atoms in total. The molecule has 0 aliphatic rings. The molecule has 0 radical (unpaired) electrons. The van der Waals surface area contributed by atoms with Gasteiger partial charge in [0.2, 0.25) is 5.43 Å². The summed E-state index contributed by atoms with van der Waals surface area (Å²) in [5.74, 6) is -0.734. The first kappa shape index (κ1) is 16.7. The van der Waals surface area contributed by atoms with Gasteiger partial charge in [0.25, 0.3) is 0 Å². The van der Waals surface area contributed by atoms with Crippen LogP contribution < -0.4 is 10.2 Å². The van der Waals surface area contributed by atoms with Gasteiger partial charge in [0.15, 0.2) is 0 Å². The Hall–Kier alpha value is -3.15. The van der Waals surface area contributed by atoms with E-state index >= 15 is 0 Å². The van der Waals surface area contributed by atoms with E-state index in [1.165, 1.54) is 25.3 Å². The molecule has 1 N–H and O–H groups in total. The monoisotopic (exact) mass is 341 g/mol. The third-order valence-corrected chi connectivity index (χ3v) is 3.80. The molecule has 128 valence electrons. The number of methoxy groups -OCH3 is 1. The van der Waals surface area contributed by atoms with Crippen LogP contribution in [0.4, 0.5) is 4.39 Å². The molecule has 3 rings (SSSR count). The van der Waals surface area contributed by atoms with Gasteiger partial charge in [0, 0.05) is 5.56 Å². The van der Waals surface area contributed by atoms with Crippen LogP contribution in [-0.2, 0) is 4.74 Å². The smallest absolute Gasteiger partial charge is 0.344 e. The van der Waals surface area contributed by atoms with Crippen molar-refractivity contribution in [1.29, 1.82) is 0 Å². The fourth-order valence-corrected chi connectivity index (χ4v) is 2.65. The van der Waals surface area contributed by atoms with E-state index in [-0.39, 0.29) is 17.9 Å². The standard InChI is InChI=1S/C19H16FNO4/c1-3-25-19(23)16-17(11-5-4-6-12(20)9-11)21-15-8-7-13(24-2)10-14(15)18(16)22/h4-10H,3H2,1-2H3,(H,21,22). The van der Waals surface area contributed by atoms with Gasteiger partial charge in [-0.2, -0.15) is 0 Å². The molecule has 0 amide bonds. The molecule has 0 saturated carbocycles. The summed E-state index contributed by atoms with van der Waals surface area (Å²) in [5.41, 5.74) is 0.468. The quantitative estimate of drug-likeness (QED) is 0.737. The van der Waals surface area contributed by atoms with Crippen molar-refractivity contribution in [3.05, 3.63) is 64.1 Å². The van der Waals surface area contributed by atoms with Gasteiger partial charge in [-0.25, -0.2) is 9.18 Å². The normalized spacial score (nSPS) is 10.7. The van der Waals surface area contributed by atoms with Gasteiger partial charge >= 0.3 is 5.97 Å². The lowest BCUT2D eigenvalue weighted by Gasteiger charge is -2.12. The highest BCUT2D eigenvalue weighted by atomic mass is 19.1. The Balaban J connectivity index is 2.36. The summed E-state index contributed by atoms with van der Waals surface area (Å²) in [4.78, 5) is 28.3. The van der Waals surface area contributed by atoms with Crippen molar-refractivity contribution < 1.29 is 18.7 Å². The summed E-state index contributed by atoms with van der Waals surface area (Å²) >= 11 is 0. The lowest BCUT2D eigenvalue weighted by atomic mass is 10.0. The number of esters is 1. The van der Waals surface area contributed by atoms with E-state index in [9.17, 15) is 14.0 Å². The number of hydrogen-bond donors (Lipinski definition) is 1. The molecule has 0 aliphatic heterocycles. The lowest BCUT2D eigenvalue weighted by molar-refractivity contribution is 0.0525. The molecule has 25 heavy (non-hydrogen) atoms. The first-order chi connectivity index (χ1) is 12.0. The maximum Gasteiger partial charge on any atom is 0.344 e. The number of pyridine rings is 1.